The molecule has 3 nitrogen and oxygen atoms in total. The van der Waals surface area contributed by atoms with Crippen LogP contribution in [0.3, 0.4) is 0 Å². The SMILES string of the molecule is COc1ccc(N2C(=O)/C(=C\c3ccccc3)C2c2ccccc2)cc1. The standard InChI is InChI=1S/C23H19NO2/c1-26-20-14-12-19(13-15-20)24-22(18-10-6-3-7-11-18)21(23(24)25)16-17-8-4-2-5-9-17/h2-16,22H,1H3/b21-16-. The summed E-state index contributed by atoms with van der Waals surface area (Å²) < 4.78 is 5.22. The van der Waals surface area contributed by atoms with Gasteiger partial charge in [-0.2, -0.15) is 0 Å². The van der Waals surface area contributed by atoms with E-state index in [0.29, 0.717) is 0 Å². The van der Waals surface area contributed by atoms with Gasteiger partial charge < -0.3 is 4.74 Å². The number of benzene rings is 3. The van der Waals surface area contributed by atoms with E-state index in [9.17, 15) is 4.79 Å². The molecule has 3 heteroatoms. The van der Waals surface area contributed by atoms with Gasteiger partial charge in [0.1, 0.15) is 5.75 Å². The molecule has 0 N–H and O–H groups in total. The molecule has 0 spiro atoms. The maximum absolute atomic E-state index is 12.9. The first-order valence-corrected chi connectivity index (χ1v) is 8.57. The van der Waals surface area contributed by atoms with Crippen molar-refractivity contribution in [2.45, 2.75) is 6.04 Å². The van der Waals surface area contributed by atoms with Gasteiger partial charge in [0.2, 0.25) is 0 Å². The van der Waals surface area contributed by atoms with Crippen LogP contribution >= 0.6 is 0 Å². The van der Waals surface area contributed by atoms with Crippen LogP contribution in [0.25, 0.3) is 6.08 Å². The minimum Gasteiger partial charge on any atom is -0.497 e. The molecule has 4 rings (SSSR count). The Morgan fingerprint density at radius 1 is 0.846 bits per heavy atom. The lowest BCUT2D eigenvalue weighted by atomic mass is 9.86. The maximum atomic E-state index is 12.9. The van der Waals surface area contributed by atoms with Gasteiger partial charge >= 0.3 is 0 Å². The third-order valence-corrected chi connectivity index (χ3v) is 4.61. The lowest BCUT2D eigenvalue weighted by Crippen LogP contribution is -2.49. The van der Waals surface area contributed by atoms with Crippen LogP contribution in [-0.4, -0.2) is 13.0 Å². The van der Waals surface area contributed by atoms with Gasteiger partial charge in [0, 0.05) is 11.3 Å². The van der Waals surface area contributed by atoms with Crippen molar-refractivity contribution in [3.8, 4) is 5.75 Å². The summed E-state index contributed by atoms with van der Waals surface area (Å²) in [5.41, 5.74) is 3.81. The quantitative estimate of drug-likeness (QED) is 0.501. The minimum absolute atomic E-state index is 0.0351. The largest absolute Gasteiger partial charge is 0.497 e. The Morgan fingerprint density at radius 3 is 2.08 bits per heavy atom. The van der Waals surface area contributed by atoms with Crippen molar-refractivity contribution in [1.82, 2.24) is 0 Å². The predicted octanol–water partition coefficient (Wildman–Crippen LogP) is 4.87. The summed E-state index contributed by atoms with van der Waals surface area (Å²) in [5.74, 6) is 0.811. The number of hydrogen-bond acceptors (Lipinski definition) is 2. The average molecular weight is 341 g/mol. The van der Waals surface area contributed by atoms with E-state index < -0.39 is 0 Å². The summed E-state index contributed by atoms with van der Waals surface area (Å²) in [7, 11) is 1.64. The topological polar surface area (TPSA) is 29.5 Å². The number of rotatable bonds is 4. The van der Waals surface area contributed by atoms with Gasteiger partial charge in [-0.05, 0) is 41.5 Å². The number of methoxy groups -OCH3 is 1. The third kappa shape index (κ3) is 2.88. The molecule has 1 aliphatic heterocycles. The number of carbonyl (C=O) groups excluding carboxylic acids is 1. The molecule has 0 radical (unpaired) electrons. The maximum Gasteiger partial charge on any atom is 0.257 e. The summed E-state index contributed by atoms with van der Waals surface area (Å²) in [6.45, 7) is 0. The Labute approximate surface area is 153 Å². The molecule has 1 heterocycles. The van der Waals surface area contributed by atoms with Crippen LogP contribution in [0, 0.1) is 0 Å². The minimum atomic E-state index is -0.0858. The molecule has 1 aliphatic rings. The number of amides is 1. The summed E-state index contributed by atoms with van der Waals surface area (Å²) in [4.78, 5) is 14.8. The third-order valence-electron chi connectivity index (χ3n) is 4.61. The molecule has 128 valence electrons. The van der Waals surface area contributed by atoms with Crippen molar-refractivity contribution < 1.29 is 9.53 Å². The van der Waals surface area contributed by atoms with Crippen LogP contribution in [0.15, 0.2) is 90.5 Å². The molecule has 3 aromatic rings. The van der Waals surface area contributed by atoms with Crippen molar-refractivity contribution in [2.24, 2.45) is 0 Å². The molecule has 1 unspecified atom stereocenters. The van der Waals surface area contributed by atoms with Crippen LogP contribution in [0.1, 0.15) is 17.2 Å². The molecule has 1 saturated heterocycles. The van der Waals surface area contributed by atoms with Gasteiger partial charge in [0.25, 0.3) is 5.91 Å². The highest BCUT2D eigenvalue weighted by Crippen LogP contribution is 2.44. The van der Waals surface area contributed by atoms with Gasteiger partial charge in [-0.3, -0.25) is 9.69 Å². The number of nitrogens with zero attached hydrogens (tertiary/aromatic N) is 1. The molecule has 1 fully saturated rings. The second kappa shape index (κ2) is 6.89. The number of ether oxygens (including phenoxy) is 1. The number of β-lactam (4-membered cyclic amide) rings is 1. The lowest BCUT2D eigenvalue weighted by molar-refractivity contribution is -0.118. The van der Waals surface area contributed by atoms with Crippen molar-refractivity contribution >= 4 is 17.7 Å². The summed E-state index contributed by atoms with van der Waals surface area (Å²) >= 11 is 0. The number of anilines is 1. The second-order valence-electron chi connectivity index (χ2n) is 6.20. The van der Waals surface area contributed by atoms with E-state index in [0.717, 1.165) is 28.1 Å². The van der Waals surface area contributed by atoms with Crippen LogP contribution in [0.5, 0.6) is 5.75 Å². The summed E-state index contributed by atoms with van der Waals surface area (Å²) in [6.07, 6.45) is 1.99. The van der Waals surface area contributed by atoms with E-state index in [4.69, 9.17) is 4.74 Å². The van der Waals surface area contributed by atoms with E-state index in [1.54, 1.807) is 7.11 Å². The van der Waals surface area contributed by atoms with Crippen LogP contribution in [-0.2, 0) is 4.79 Å². The van der Waals surface area contributed by atoms with Crippen molar-refractivity contribution in [1.29, 1.82) is 0 Å². The van der Waals surface area contributed by atoms with Crippen LogP contribution in [0.2, 0.25) is 0 Å². The van der Waals surface area contributed by atoms with Gasteiger partial charge in [0.15, 0.2) is 0 Å². The molecule has 3 aromatic carbocycles. The van der Waals surface area contributed by atoms with E-state index >= 15 is 0 Å². The Kier molecular flexibility index (Phi) is 4.28. The van der Waals surface area contributed by atoms with Gasteiger partial charge in [-0.15, -0.1) is 0 Å². The fraction of sp³-hybridized carbons (Fsp3) is 0.0870. The summed E-state index contributed by atoms with van der Waals surface area (Å²) in [6, 6.07) is 27.6. The molecule has 1 atom stereocenters. The monoisotopic (exact) mass is 341 g/mol. The van der Waals surface area contributed by atoms with E-state index in [1.807, 2.05) is 83.8 Å². The lowest BCUT2D eigenvalue weighted by Gasteiger charge is -2.43. The summed E-state index contributed by atoms with van der Waals surface area (Å²) in [5, 5.41) is 0. The molecule has 0 bridgehead atoms. The van der Waals surface area contributed by atoms with E-state index in [-0.39, 0.29) is 11.9 Å². The Bertz CT molecular complexity index is 931. The zero-order valence-electron chi connectivity index (χ0n) is 14.5. The number of carbonyl (C=O) groups is 1. The van der Waals surface area contributed by atoms with E-state index in [2.05, 4.69) is 12.1 Å². The highest BCUT2D eigenvalue weighted by atomic mass is 16.5. The van der Waals surface area contributed by atoms with Gasteiger partial charge in [-0.25, -0.2) is 0 Å². The van der Waals surface area contributed by atoms with Crippen LogP contribution in [0.4, 0.5) is 5.69 Å². The van der Waals surface area contributed by atoms with Gasteiger partial charge in [0.05, 0.1) is 13.2 Å². The van der Waals surface area contributed by atoms with Crippen molar-refractivity contribution in [3.63, 3.8) is 0 Å². The molecule has 0 saturated carbocycles. The van der Waals surface area contributed by atoms with Crippen molar-refractivity contribution in [3.05, 3.63) is 102 Å². The molecule has 0 aromatic heterocycles. The highest BCUT2D eigenvalue weighted by Gasteiger charge is 2.43. The molecular formula is C23H19NO2. The smallest absolute Gasteiger partial charge is 0.257 e. The normalized spacial score (nSPS) is 17.9. The molecule has 1 amide bonds. The first-order chi connectivity index (χ1) is 12.8. The number of hydrogen-bond donors (Lipinski definition) is 0. The Balaban J connectivity index is 1.74. The molecular weight excluding hydrogens is 322 g/mol. The predicted molar refractivity (Wildman–Crippen MR) is 104 cm³/mol. The molecule has 0 aliphatic carbocycles. The molecule has 26 heavy (non-hydrogen) atoms. The van der Waals surface area contributed by atoms with Gasteiger partial charge in [-0.1, -0.05) is 60.7 Å². The first kappa shape index (κ1) is 16.2. The van der Waals surface area contributed by atoms with Crippen molar-refractivity contribution in [2.75, 3.05) is 12.0 Å². The Morgan fingerprint density at radius 2 is 1.46 bits per heavy atom. The average Bonchev–Trinajstić information content (AvgIpc) is 2.71. The van der Waals surface area contributed by atoms with E-state index in [1.165, 1.54) is 0 Å². The zero-order valence-corrected chi connectivity index (χ0v) is 14.5. The first-order valence-electron chi connectivity index (χ1n) is 8.57. The fourth-order valence-electron chi connectivity index (χ4n) is 3.29. The van der Waals surface area contributed by atoms with Crippen LogP contribution < -0.4 is 9.64 Å². The second-order valence-corrected chi connectivity index (χ2v) is 6.20. The highest BCUT2D eigenvalue weighted by molar-refractivity contribution is 6.18. The fourth-order valence-corrected chi connectivity index (χ4v) is 3.29. The zero-order chi connectivity index (χ0) is 17.9. The Hall–Kier alpha value is -3.33.